The molecule has 0 fully saturated rings. The summed E-state index contributed by atoms with van der Waals surface area (Å²) in [5, 5.41) is 3.64. The van der Waals surface area contributed by atoms with Gasteiger partial charge in [-0.15, -0.1) is 0 Å². The van der Waals surface area contributed by atoms with Gasteiger partial charge in [-0.25, -0.2) is 9.78 Å². The van der Waals surface area contributed by atoms with E-state index in [0.717, 1.165) is 11.1 Å². The van der Waals surface area contributed by atoms with Crippen LogP contribution >= 0.6 is 0 Å². The molecule has 0 radical (unpaired) electrons. The summed E-state index contributed by atoms with van der Waals surface area (Å²) >= 11 is 0. The van der Waals surface area contributed by atoms with E-state index < -0.39 is 11.5 Å². The monoisotopic (exact) mass is 325 g/mol. The van der Waals surface area contributed by atoms with Crippen LogP contribution in [0.4, 0.5) is 0 Å². The van der Waals surface area contributed by atoms with Gasteiger partial charge in [-0.3, -0.25) is 9.36 Å². The van der Waals surface area contributed by atoms with Crippen molar-refractivity contribution in [2.24, 2.45) is 0 Å². The average molecular weight is 325 g/mol. The highest BCUT2D eigenvalue weighted by Gasteiger charge is 2.22. The zero-order chi connectivity index (χ0) is 17.1. The lowest BCUT2D eigenvalue weighted by atomic mass is 10.1. The van der Waals surface area contributed by atoms with Crippen LogP contribution in [-0.2, 0) is 11.3 Å². The van der Waals surface area contributed by atoms with Crippen molar-refractivity contribution in [3.63, 3.8) is 0 Å². The first kappa shape index (κ1) is 15.7. The number of carbonyl (C=O) groups is 1. The molecule has 0 unspecified atom stereocenters. The average Bonchev–Trinajstić information content (AvgIpc) is 3.03. The minimum atomic E-state index is -0.705. The zero-order valence-corrected chi connectivity index (χ0v) is 13.1. The van der Waals surface area contributed by atoms with Crippen LogP contribution in [0.25, 0.3) is 17.2 Å². The molecule has 7 heteroatoms. The predicted molar refractivity (Wildman–Crippen MR) is 87.7 cm³/mol. The third kappa shape index (κ3) is 2.83. The zero-order valence-electron chi connectivity index (χ0n) is 13.1. The van der Waals surface area contributed by atoms with Gasteiger partial charge in [0.25, 0.3) is 11.3 Å². The van der Waals surface area contributed by atoms with Crippen LogP contribution < -0.4 is 5.56 Å². The van der Waals surface area contributed by atoms with Crippen molar-refractivity contribution in [1.82, 2.24) is 14.7 Å². The summed E-state index contributed by atoms with van der Waals surface area (Å²) in [7, 11) is 0. The highest BCUT2D eigenvalue weighted by Crippen LogP contribution is 2.13. The first-order valence-electron chi connectivity index (χ1n) is 7.37. The number of hydrogen-bond donors (Lipinski definition) is 0. The highest BCUT2D eigenvalue weighted by atomic mass is 16.5. The van der Waals surface area contributed by atoms with Gasteiger partial charge in [-0.1, -0.05) is 42.1 Å². The van der Waals surface area contributed by atoms with Crippen molar-refractivity contribution in [3.05, 3.63) is 64.3 Å². The van der Waals surface area contributed by atoms with Gasteiger partial charge in [-0.05, 0) is 18.1 Å². The van der Waals surface area contributed by atoms with E-state index in [1.165, 1.54) is 10.9 Å². The van der Waals surface area contributed by atoms with Gasteiger partial charge in [0, 0.05) is 0 Å². The van der Waals surface area contributed by atoms with Crippen LogP contribution in [0.2, 0.25) is 0 Å². The summed E-state index contributed by atoms with van der Waals surface area (Å²) in [6.45, 7) is 5.86. The maximum absolute atomic E-state index is 12.6. The van der Waals surface area contributed by atoms with Gasteiger partial charge >= 0.3 is 5.97 Å². The standard InChI is InChI=1S/C17H15N3O4/c1-3-11-5-7-12(8-6-11)9-20-10-18-15-13(16(20)21)14(19-24-15)17(22)23-4-2/h3,5-8,10H,1,4,9H2,2H3. The second kappa shape index (κ2) is 6.49. The molecule has 0 bridgehead atoms. The van der Waals surface area contributed by atoms with Crippen molar-refractivity contribution in [1.29, 1.82) is 0 Å². The Morgan fingerprint density at radius 1 is 1.38 bits per heavy atom. The van der Waals surface area contributed by atoms with Crippen LogP contribution in [0.1, 0.15) is 28.5 Å². The Bertz CT molecular complexity index is 954. The predicted octanol–water partition coefficient (Wildman–Crippen LogP) is 2.25. The van der Waals surface area contributed by atoms with Gasteiger partial charge in [-0.2, -0.15) is 0 Å². The Morgan fingerprint density at radius 2 is 2.12 bits per heavy atom. The summed E-state index contributed by atoms with van der Waals surface area (Å²) < 4.78 is 11.2. The lowest BCUT2D eigenvalue weighted by Gasteiger charge is -2.05. The molecule has 24 heavy (non-hydrogen) atoms. The fourth-order valence-corrected chi connectivity index (χ4v) is 2.29. The number of esters is 1. The van der Waals surface area contributed by atoms with Gasteiger partial charge in [0.1, 0.15) is 11.7 Å². The Balaban J connectivity index is 2.01. The maximum Gasteiger partial charge on any atom is 0.361 e. The van der Waals surface area contributed by atoms with E-state index in [9.17, 15) is 9.59 Å². The molecule has 0 saturated heterocycles. The molecule has 0 aliphatic rings. The molecule has 3 aromatic rings. The van der Waals surface area contributed by atoms with Gasteiger partial charge < -0.3 is 9.26 Å². The lowest BCUT2D eigenvalue weighted by molar-refractivity contribution is 0.0516. The van der Waals surface area contributed by atoms with E-state index in [1.807, 2.05) is 24.3 Å². The number of aromatic nitrogens is 3. The van der Waals surface area contributed by atoms with Crippen LogP contribution in [-0.4, -0.2) is 27.3 Å². The third-order valence-electron chi connectivity index (χ3n) is 3.50. The lowest BCUT2D eigenvalue weighted by Crippen LogP contribution is -2.22. The van der Waals surface area contributed by atoms with Crippen LogP contribution in [0.15, 0.2) is 46.5 Å². The number of rotatable bonds is 5. The van der Waals surface area contributed by atoms with E-state index in [-0.39, 0.29) is 23.4 Å². The van der Waals surface area contributed by atoms with Crippen LogP contribution in [0.3, 0.4) is 0 Å². The van der Waals surface area contributed by atoms with Crippen molar-refractivity contribution >= 4 is 23.1 Å². The molecule has 7 nitrogen and oxygen atoms in total. The molecule has 0 amide bonds. The molecule has 3 rings (SSSR count). The third-order valence-corrected chi connectivity index (χ3v) is 3.50. The number of carbonyl (C=O) groups excluding carboxylic acids is 1. The fourth-order valence-electron chi connectivity index (χ4n) is 2.29. The minimum absolute atomic E-state index is 0.0151. The molecule has 122 valence electrons. The second-order valence-corrected chi connectivity index (χ2v) is 5.06. The van der Waals surface area contributed by atoms with Crippen molar-refractivity contribution in [3.8, 4) is 0 Å². The number of hydrogen-bond acceptors (Lipinski definition) is 6. The maximum atomic E-state index is 12.6. The topological polar surface area (TPSA) is 87.2 Å². The van der Waals surface area contributed by atoms with E-state index in [0.29, 0.717) is 6.54 Å². The Kier molecular flexibility index (Phi) is 4.24. The largest absolute Gasteiger partial charge is 0.461 e. The van der Waals surface area contributed by atoms with Crippen molar-refractivity contribution < 1.29 is 14.1 Å². The molecule has 2 aromatic heterocycles. The summed E-state index contributed by atoms with van der Waals surface area (Å²) in [5.41, 5.74) is 1.36. The SMILES string of the molecule is C=Cc1ccc(Cn2cnc3onc(C(=O)OCC)c3c2=O)cc1. The van der Waals surface area contributed by atoms with Crippen molar-refractivity contribution in [2.45, 2.75) is 13.5 Å². The van der Waals surface area contributed by atoms with Gasteiger partial charge in [0.2, 0.25) is 5.69 Å². The number of ether oxygens (including phenoxy) is 1. The first-order valence-corrected chi connectivity index (χ1v) is 7.37. The fraction of sp³-hybridized carbons (Fsp3) is 0.176. The molecule has 2 heterocycles. The molecule has 0 saturated carbocycles. The van der Waals surface area contributed by atoms with E-state index >= 15 is 0 Å². The van der Waals surface area contributed by atoms with Crippen molar-refractivity contribution in [2.75, 3.05) is 6.61 Å². The molecule has 0 aliphatic heterocycles. The molecule has 0 spiro atoms. The molecular formula is C17H15N3O4. The summed E-state index contributed by atoms with van der Waals surface area (Å²) in [5.74, 6) is -0.705. The minimum Gasteiger partial charge on any atom is -0.461 e. The number of benzene rings is 1. The molecular weight excluding hydrogens is 310 g/mol. The number of nitrogens with zero attached hydrogens (tertiary/aromatic N) is 3. The first-order chi connectivity index (χ1) is 11.6. The smallest absolute Gasteiger partial charge is 0.361 e. The molecule has 0 aliphatic carbocycles. The van der Waals surface area contributed by atoms with Crippen LogP contribution in [0, 0.1) is 0 Å². The molecule has 1 aromatic carbocycles. The summed E-state index contributed by atoms with van der Waals surface area (Å²) in [4.78, 5) is 28.6. The normalized spacial score (nSPS) is 10.7. The Morgan fingerprint density at radius 3 is 2.79 bits per heavy atom. The van der Waals surface area contributed by atoms with E-state index in [4.69, 9.17) is 9.26 Å². The Hall–Kier alpha value is -3.22. The second-order valence-electron chi connectivity index (χ2n) is 5.06. The van der Waals surface area contributed by atoms with Gasteiger partial charge in [0.05, 0.1) is 13.2 Å². The summed E-state index contributed by atoms with van der Waals surface area (Å²) in [6.07, 6.45) is 3.11. The molecule has 0 N–H and O–H groups in total. The highest BCUT2D eigenvalue weighted by molar-refractivity contribution is 5.99. The van der Waals surface area contributed by atoms with Crippen LogP contribution in [0.5, 0.6) is 0 Å². The van der Waals surface area contributed by atoms with Gasteiger partial charge in [0.15, 0.2) is 0 Å². The molecule has 0 atom stereocenters. The van der Waals surface area contributed by atoms with E-state index in [2.05, 4.69) is 16.7 Å². The number of fused-ring (bicyclic) bond motifs is 1. The Labute approximate surface area is 137 Å². The quantitative estimate of drug-likeness (QED) is 0.669. The summed E-state index contributed by atoms with van der Waals surface area (Å²) in [6, 6.07) is 7.60. The van der Waals surface area contributed by atoms with E-state index in [1.54, 1.807) is 13.0 Å².